The highest BCUT2D eigenvalue weighted by Gasteiger charge is 2.30. The lowest BCUT2D eigenvalue weighted by Gasteiger charge is -2.08. The maximum absolute atomic E-state index is 12.4. The monoisotopic (exact) mass is 275 g/mol. The highest BCUT2D eigenvalue weighted by atomic mass is 35.5. The standard InChI is InChI=1S/C11H9ClF3N3/c1-7-10(6-12)16-17-18(7)9-4-2-8(3-5-9)11(13,14)15/h2-5H,6H2,1H3. The second kappa shape index (κ2) is 4.61. The summed E-state index contributed by atoms with van der Waals surface area (Å²) in [7, 11) is 0. The number of halogens is 4. The Labute approximate surface area is 106 Å². The van der Waals surface area contributed by atoms with E-state index in [1.807, 2.05) is 0 Å². The third-order valence-corrected chi connectivity index (χ3v) is 2.81. The molecule has 0 bridgehead atoms. The Kier molecular flexibility index (Phi) is 3.30. The summed E-state index contributed by atoms with van der Waals surface area (Å²) in [4.78, 5) is 0. The first-order valence-corrected chi connectivity index (χ1v) is 5.61. The molecule has 2 aromatic rings. The van der Waals surface area contributed by atoms with Crippen LogP contribution in [0.4, 0.5) is 13.2 Å². The Bertz CT molecular complexity index is 546. The van der Waals surface area contributed by atoms with Gasteiger partial charge in [0.05, 0.1) is 22.8 Å². The third kappa shape index (κ3) is 2.33. The molecule has 0 fully saturated rings. The number of rotatable bonds is 2. The summed E-state index contributed by atoms with van der Waals surface area (Å²) in [5.74, 6) is 0.215. The molecule has 7 heteroatoms. The molecule has 0 aliphatic heterocycles. The SMILES string of the molecule is Cc1c(CCl)nnn1-c1ccc(C(F)(F)F)cc1. The van der Waals surface area contributed by atoms with Crippen molar-refractivity contribution in [3.8, 4) is 5.69 Å². The van der Waals surface area contributed by atoms with Gasteiger partial charge in [-0.25, -0.2) is 4.68 Å². The summed E-state index contributed by atoms with van der Waals surface area (Å²) >= 11 is 5.65. The zero-order valence-corrected chi connectivity index (χ0v) is 10.1. The predicted octanol–water partition coefficient (Wildman–Crippen LogP) is 3.33. The van der Waals surface area contributed by atoms with Gasteiger partial charge in [0.2, 0.25) is 0 Å². The first kappa shape index (κ1) is 12.9. The van der Waals surface area contributed by atoms with Gasteiger partial charge < -0.3 is 0 Å². The van der Waals surface area contributed by atoms with E-state index >= 15 is 0 Å². The van der Waals surface area contributed by atoms with Crippen LogP contribution < -0.4 is 0 Å². The summed E-state index contributed by atoms with van der Waals surface area (Å²) in [6, 6.07) is 4.72. The van der Waals surface area contributed by atoms with Crippen LogP contribution in [-0.4, -0.2) is 15.0 Å². The molecule has 3 nitrogen and oxygen atoms in total. The normalized spacial score (nSPS) is 11.8. The highest BCUT2D eigenvalue weighted by Crippen LogP contribution is 2.29. The van der Waals surface area contributed by atoms with Crippen molar-refractivity contribution < 1.29 is 13.2 Å². The van der Waals surface area contributed by atoms with Gasteiger partial charge in [-0.3, -0.25) is 0 Å². The van der Waals surface area contributed by atoms with Crippen LogP contribution in [0, 0.1) is 6.92 Å². The molecule has 1 aromatic carbocycles. The van der Waals surface area contributed by atoms with Crippen LogP contribution in [0.1, 0.15) is 17.0 Å². The Hall–Kier alpha value is -1.56. The average molecular weight is 276 g/mol. The fourth-order valence-corrected chi connectivity index (χ4v) is 1.77. The quantitative estimate of drug-likeness (QED) is 0.787. The molecule has 0 spiro atoms. The van der Waals surface area contributed by atoms with Crippen molar-refractivity contribution in [2.75, 3.05) is 0 Å². The molecule has 0 N–H and O–H groups in total. The van der Waals surface area contributed by atoms with E-state index < -0.39 is 11.7 Å². The van der Waals surface area contributed by atoms with Gasteiger partial charge in [0.1, 0.15) is 5.69 Å². The van der Waals surface area contributed by atoms with Crippen molar-refractivity contribution in [2.45, 2.75) is 19.0 Å². The summed E-state index contributed by atoms with van der Waals surface area (Å²) in [5, 5.41) is 7.69. The molecular weight excluding hydrogens is 267 g/mol. The molecule has 18 heavy (non-hydrogen) atoms. The molecule has 0 amide bonds. The van der Waals surface area contributed by atoms with Crippen molar-refractivity contribution in [3.63, 3.8) is 0 Å². The molecular formula is C11H9ClF3N3. The van der Waals surface area contributed by atoms with Crippen LogP contribution in [-0.2, 0) is 12.1 Å². The van der Waals surface area contributed by atoms with E-state index in [9.17, 15) is 13.2 Å². The fourth-order valence-electron chi connectivity index (χ4n) is 1.52. The lowest BCUT2D eigenvalue weighted by molar-refractivity contribution is -0.137. The Morgan fingerprint density at radius 1 is 1.22 bits per heavy atom. The van der Waals surface area contributed by atoms with E-state index in [1.54, 1.807) is 6.92 Å². The topological polar surface area (TPSA) is 30.7 Å². The summed E-state index contributed by atoms with van der Waals surface area (Å²) in [6.07, 6.45) is -4.34. The van der Waals surface area contributed by atoms with Crippen LogP contribution in [0.2, 0.25) is 0 Å². The lowest BCUT2D eigenvalue weighted by atomic mass is 10.2. The minimum Gasteiger partial charge on any atom is -0.218 e. The number of nitrogens with zero attached hydrogens (tertiary/aromatic N) is 3. The van der Waals surface area contributed by atoms with Gasteiger partial charge in [-0.2, -0.15) is 13.2 Å². The van der Waals surface area contributed by atoms with E-state index in [1.165, 1.54) is 16.8 Å². The Morgan fingerprint density at radius 2 is 1.83 bits per heavy atom. The fraction of sp³-hybridized carbons (Fsp3) is 0.273. The van der Waals surface area contributed by atoms with Gasteiger partial charge in [0.25, 0.3) is 0 Å². The van der Waals surface area contributed by atoms with Crippen molar-refractivity contribution >= 4 is 11.6 Å². The number of alkyl halides is 4. The number of hydrogen-bond donors (Lipinski definition) is 0. The summed E-state index contributed by atoms with van der Waals surface area (Å²) < 4.78 is 38.7. The predicted molar refractivity (Wildman–Crippen MR) is 60.7 cm³/mol. The molecule has 0 radical (unpaired) electrons. The van der Waals surface area contributed by atoms with Gasteiger partial charge in [-0.1, -0.05) is 5.21 Å². The second-order valence-electron chi connectivity index (χ2n) is 3.71. The van der Waals surface area contributed by atoms with E-state index in [-0.39, 0.29) is 5.88 Å². The van der Waals surface area contributed by atoms with Gasteiger partial charge in [0.15, 0.2) is 0 Å². The number of aromatic nitrogens is 3. The molecule has 0 unspecified atom stereocenters. The highest BCUT2D eigenvalue weighted by molar-refractivity contribution is 6.16. The second-order valence-corrected chi connectivity index (χ2v) is 3.98. The summed E-state index contributed by atoms with van der Waals surface area (Å²) in [6.45, 7) is 1.76. The van der Waals surface area contributed by atoms with Gasteiger partial charge in [-0.15, -0.1) is 16.7 Å². The average Bonchev–Trinajstić information content (AvgIpc) is 2.69. The lowest BCUT2D eigenvalue weighted by Crippen LogP contribution is -2.06. The zero-order valence-electron chi connectivity index (χ0n) is 9.37. The number of benzene rings is 1. The molecule has 2 rings (SSSR count). The van der Waals surface area contributed by atoms with Crippen LogP contribution in [0.15, 0.2) is 24.3 Å². The summed E-state index contributed by atoms with van der Waals surface area (Å²) in [5.41, 5.74) is 1.15. The maximum Gasteiger partial charge on any atom is 0.416 e. The van der Waals surface area contributed by atoms with E-state index in [4.69, 9.17) is 11.6 Å². The van der Waals surface area contributed by atoms with Crippen molar-refractivity contribution in [1.29, 1.82) is 0 Å². The van der Waals surface area contributed by atoms with Crippen LogP contribution >= 0.6 is 11.6 Å². The molecule has 0 saturated carbocycles. The first-order chi connectivity index (χ1) is 8.43. The molecule has 0 aliphatic carbocycles. The van der Waals surface area contributed by atoms with Gasteiger partial charge >= 0.3 is 6.18 Å². The van der Waals surface area contributed by atoms with Gasteiger partial charge in [0, 0.05) is 0 Å². The van der Waals surface area contributed by atoms with E-state index in [0.29, 0.717) is 17.1 Å². The van der Waals surface area contributed by atoms with E-state index in [0.717, 1.165) is 12.1 Å². The minimum atomic E-state index is -4.34. The third-order valence-electron chi connectivity index (χ3n) is 2.56. The van der Waals surface area contributed by atoms with Crippen LogP contribution in [0.5, 0.6) is 0 Å². The maximum atomic E-state index is 12.4. The molecule has 1 aromatic heterocycles. The minimum absolute atomic E-state index is 0.215. The van der Waals surface area contributed by atoms with Crippen LogP contribution in [0.25, 0.3) is 5.69 Å². The van der Waals surface area contributed by atoms with Crippen molar-refractivity contribution in [1.82, 2.24) is 15.0 Å². The van der Waals surface area contributed by atoms with Crippen LogP contribution in [0.3, 0.4) is 0 Å². The molecule has 0 atom stereocenters. The smallest absolute Gasteiger partial charge is 0.218 e. The van der Waals surface area contributed by atoms with Crippen molar-refractivity contribution in [3.05, 3.63) is 41.2 Å². The Morgan fingerprint density at radius 3 is 2.28 bits per heavy atom. The molecule has 0 aliphatic rings. The first-order valence-electron chi connectivity index (χ1n) is 5.08. The van der Waals surface area contributed by atoms with Gasteiger partial charge in [-0.05, 0) is 31.2 Å². The largest absolute Gasteiger partial charge is 0.416 e. The Balaban J connectivity index is 2.37. The number of hydrogen-bond acceptors (Lipinski definition) is 2. The van der Waals surface area contributed by atoms with E-state index in [2.05, 4.69) is 10.3 Å². The zero-order chi connectivity index (χ0) is 13.3. The van der Waals surface area contributed by atoms with Crippen molar-refractivity contribution in [2.24, 2.45) is 0 Å². The molecule has 0 saturated heterocycles. The molecule has 1 heterocycles. The molecule has 96 valence electrons.